The van der Waals surface area contributed by atoms with E-state index in [2.05, 4.69) is 15.9 Å². The smallest absolute Gasteiger partial charge is 0.140 e. The highest BCUT2D eigenvalue weighted by Crippen LogP contribution is 2.28. The van der Waals surface area contributed by atoms with Gasteiger partial charge < -0.3 is 0 Å². The highest BCUT2D eigenvalue weighted by Gasteiger charge is 2.23. The number of ketones is 1. The molecule has 1 aromatic carbocycles. The molecule has 1 aliphatic rings. The zero-order chi connectivity index (χ0) is 11.5. The predicted molar refractivity (Wildman–Crippen MR) is 64.8 cm³/mol. The van der Waals surface area contributed by atoms with E-state index in [0.717, 1.165) is 35.7 Å². The highest BCUT2D eigenvalue weighted by molar-refractivity contribution is 9.10. The fourth-order valence-corrected chi connectivity index (χ4v) is 2.65. The largest absolute Gasteiger partial charge is 0.299 e. The molecule has 86 valence electrons. The minimum Gasteiger partial charge on any atom is -0.299 e. The third-order valence-corrected chi connectivity index (χ3v) is 3.96. The van der Waals surface area contributed by atoms with Crippen LogP contribution in [0.1, 0.15) is 31.2 Å². The summed E-state index contributed by atoms with van der Waals surface area (Å²) in [6.07, 6.45) is 4.67. The molecule has 1 saturated carbocycles. The van der Waals surface area contributed by atoms with Crippen molar-refractivity contribution < 1.29 is 9.18 Å². The topological polar surface area (TPSA) is 17.1 Å². The molecule has 3 heteroatoms. The molecule has 1 aromatic rings. The van der Waals surface area contributed by atoms with E-state index in [1.807, 2.05) is 0 Å². The van der Waals surface area contributed by atoms with Gasteiger partial charge in [0.1, 0.15) is 11.6 Å². The molecule has 1 aliphatic carbocycles. The van der Waals surface area contributed by atoms with E-state index in [1.165, 1.54) is 12.1 Å². The molecular formula is C13H14BrFO. The van der Waals surface area contributed by atoms with Crippen molar-refractivity contribution in [3.05, 3.63) is 34.1 Å². The summed E-state index contributed by atoms with van der Waals surface area (Å²) in [5, 5.41) is 0. The molecule has 0 spiro atoms. The Morgan fingerprint density at radius 2 is 2.06 bits per heavy atom. The van der Waals surface area contributed by atoms with Crippen LogP contribution in [-0.2, 0) is 11.2 Å². The molecule has 1 nitrogen and oxygen atoms in total. The summed E-state index contributed by atoms with van der Waals surface area (Å²) >= 11 is 3.35. The zero-order valence-electron chi connectivity index (χ0n) is 9.01. The standard InChI is InChI=1S/C13H14BrFO/c14-12-6-5-11(15)7-10(12)8-13(16)9-3-1-2-4-9/h5-7,9H,1-4,8H2. The van der Waals surface area contributed by atoms with Crippen LogP contribution in [0, 0.1) is 11.7 Å². The average molecular weight is 285 g/mol. The number of carbonyl (C=O) groups excluding carboxylic acids is 1. The number of carbonyl (C=O) groups is 1. The van der Waals surface area contributed by atoms with E-state index in [0.29, 0.717) is 6.42 Å². The van der Waals surface area contributed by atoms with Crippen LogP contribution in [0.25, 0.3) is 0 Å². The molecule has 0 N–H and O–H groups in total. The Balaban J connectivity index is 2.07. The van der Waals surface area contributed by atoms with Gasteiger partial charge in [0.2, 0.25) is 0 Å². The SMILES string of the molecule is O=C(Cc1cc(F)ccc1Br)C1CCCC1. The van der Waals surface area contributed by atoms with Gasteiger partial charge in [-0.05, 0) is 36.6 Å². The van der Waals surface area contributed by atoms with Crippen molar-refractivity contribution in [2.45, 2.75) is 32.1 Å². The molecule has 0 heterocycles. The second-order valence-corrected chi connectivity index (χ2v) is 5.21. The Morgan fingerprint density at radius 3 is 2.75 bits per heavy atom. The molecule has 0 atom stereocenters. The first kappa shape index (κ1) is 11.8. The minimum absolute atomic E-state index is 0.204. The Kier molecular flexibility index (Phi) is 3.74. The summed E-state index contributed by atoms with van der Waals surface area (Å²) in [4.78, 5) is 11.9. The first-order valence-electron chi connectivity index (χ1n) is 5.63. The van der Waals surface area contributed by atoms with Crippen molar-refractivity contribution in [2.75, 3.05) is 0 Å². The number of hydrogen-bond donors (Lipinski definition) is 0. The first-order valence-corrected chi connectivity index (χ1v) is 6.43. The molecule has 0 saturated heterocycles. The second kappa shape index (κ2) is 5.09. The fourth-order valence-electron chi connectivity index (χ4n) is 2.26. The molecule has 16 heavy (non-hydrogen) atoms. The van der Waals surface area contributed by atoms with E-state index in [9.17, 15) is 9.18 Å². The van der Waals surface area contributed by atoms with Crippen molar-refractivity contribution in [3.63, 3.8) is 0 Å². The van der Waals surface area contributed by atoms with Crippen molar-refractivity contribution in [1.29, 1.82) is 0 Å². The maximum absolute atomic E-state index is 13.0. The van der Waals surface area contributed by atoms with Gasteiger partial charge in [0.25, 0.3) is 0 Å². The Bertz CT molecular complexity index is 397. The molecule has 0 unspecified atom stereocenters. The Labute approximate surface area is 103 Å². The van der Waals surface area contributed by atoms with Gasteiger partial charge in [0.15, 0.2) is 0 Å². The zero-order valence-corrected chi connectivity index (χ0v) is 10.6. The van der Waals surface area contributed by atoms with Gasteiger partial charge in [-0.2, -0.15) is 0 Å². The minimum atomic E-state index is -0.280. The van der Waals surface area contributed by atoms with Gasteiger partial charge in [-0.15, -0.1) is 0 Å². The van der Waals surface area contributed by atoms with Crippen molar-refractivity contribution in [1.82, 2.24) is 0 Å². The van der Waals surface area contributed by atoms with Crippen LogP contribution in [0.5, 0.6) is 0 Å². The van der Waals surface area contributed by atoms with Crippen molar-refractivity contribution >= 4 is 21.7 Å². The van der Waals surface area contributed by atoms with E-state index in [4.69, 9.17) is 0 Å². The second-order valence-electron chi connectivity index (χ2n) is 4.36. The van der Waals surface area contributed by atoms with Crippen molar-refractivity contribution in [2.24, 2.45) is 5.92 Å². The third-order valence-electron chi connectivity index (χ3n) is 3.18. The lowest BCUT2D eigenvalue weighted by molar-refractivity contribution is -0.122. The number of Topliss-reactive ketones (excluding diaryl/α,β-unsaturated/α-hetero) is 1. The molecule has 2 rings (SSSR count). The molecule has 0 aliphatic heterocycles. The average Bonchev–Trinajstić information content (AvgIpc) is 2.76. The molecule has 0 amide bonds. The number of rotatable bonds is 3. The molecule has 0 bridgehead atoms. The number of benzene rings is 1. The first-order chi connectivity index (χ1) is 7.66. The summed E-state index contributed by atoms with van der Waals surface area (Å²) in [7, 11) is 0. The molecule has 0 aromatic heterocycles. The summed E-state index contributed by atoms with van der Waals surface area (Å²) < 4.78 is 13.9. The maximum Gasteiger partial charge on any atom is 0.140 e. The highest BCUT2D eigenvalue weighted by atomic mass is 79.9. The lowest BCUT2D eigenvalue weighted by Gasteiger charge is -2.09. The summed E-state index contributed by atoms with van der Waals surface area (Å²) in [5.41, 5.74) is 0.761. The number of halogens is 2. The van der Waals surface area contributed by atoms with E-state index in [1.54, 1.807) is 6.07 Å². The molecular weight excluding hydrogens is 271 g/mol. The monoisotopic (exact) mass is 284 g/mol. The quantitative estimate of drug-likeness (QED) is 0.823. The van der Waals surface area contributed by atoms with Crippen LogP contribution in [0.3, 0.4) is 0 Å². The van der Waals surface area contributed by atoms with Crippen LogP contribution < -0.4 is 0 Å². The van der Waals surface area contributed by atoms with E-state index < -0.39 is 0 Å². The normalized spacial score (nSPS) is 16.6. The van der Waals surface area contributed by atoms with Gasteiger partial charge >= 0.3 is 0 Å². The Morgan fingerprint density at radius 1 is 1.38 bits per heavy atom. The lowest BCUT2D eigenvalue weighted by Crippen LogP contribution is -2.13. The third kappa shape index (κ3) is 2.70. The maximum atomic E-state index is 13.0. The van der Waals surface area contributed by atoms with E-state index in [-0.39, 0.29) is 17.5 Å². The van der Waals surface area contributed by atoms with Gasteiger partial charge in [-0.3, -0.25) is 4.79 Å². The van der Waals surface area contributed by atoms with Gasteiger partial charge in [0, 0.05) is 16.8 Å². The lowest BCUT2D eigenvalue weighted by atomic mass is 9.97. The molecule has 0 radical (unpaired) electrons. The number of hydrogen-bond acceptors (Lipinski definition) is 1. The molecule has 1 fully saturated rings. The van der Waals surface area contributed by atoms with Gasteiger partial charge in [-0.25, -0.2) is 4.39 Å². The van der Waals surface area contributed by atoms with Crippen LogP contribution >= 0.6 is 15.9 Å². The van der Waals surface area contributed by atoms with Crippen LogP contribution in [0.2, 0.25) is 0 Å². The summed E-state index contributed by atoms with van der Waals surface area (Å²) in [6, 6.07) is 4.50. The van der Waals surface area contributed by atoms with Crippen molar-refractivity contribution in [3.8, 4) is 0 Å². The Hall–Kier alpha value is -0.700. The van der Waals surface area contributed by atoms with Crippen LogP contribution in [-0.4, -0.2) is 5.78 Å². The fraction of sp³-hybridized carbons (Fsp3) is 0.462. The summed E-state index contributed by atoms with van der Waals surface area (Å²) in [6.45, 7) is 0. The summed E-state index contributed by atoms with van der Waals surface area (Å²) in [5.74, 6) is 0.177. The predicted octanol–water partition coefficient (Wildman–Crippen LogP) is 3.89. The van der Waals surface area contributed by atoms with Crippen LogP contribution in [0.15, 0.2) is 22.7 Å². The van der Waals surface area contributed by atoms with Gasteiger partial charge in [-0.1, -0.05) is 28.8 Å². The van der Waals surface area contributed by atoms with Gasteiger partial charge in [0.05, 0.1) is 0 Å². The van der Waals surface area contributed by atoms with E-state index >= 15 is 0 Å². The van der Waals surface area contributed by atoms with Crippen LogP contribution in [0.4, 0.5) is 4.39 Å².